The summed E-state index contributed by atoms with van der Waals surface area (Å²) < 4.78 is 2.01. The number of hydrogen-bond donors (Lipinski definition) is 1. The highest BCUT2D eigenvalue weighted by molar-refractivity contribution is 7.17. The van der Waals surface area contributed by atoms with Crippen LogP contribution in [-0.4, -0.2) is 51.1 Å². The van der Waals surface area contributed by atoms with E-state index in [2.05, 4.69) is 25.2 Å². The van der Waals surface area contributed by atoms with Crippen molar-refractivity contribution in [1.82, 2.24) is 19.5 Å². The topological polar surface area (TPSA) is 96.2 Å². The molecule has 10 heteroatoms. The summed E-state index contributed by atoms with van der Waals surface area (Å²) in [5.41, 5.74) is 1.64. The van der Waals surface area contributed by atoms with Crippen molar-refractivity contribution in [3.8, 4) is 0 Å². The quantitative estimate of drug-likeness (QED) is 0.702. The first-order chi connectivity index (χ1) is 14.1. The average molecular weight is 411 g/mol. The molecular weight excluding hydrogens is 390 g/mol. The van der Waals surface area contributed by atoms with Gasteiger partial charge in [-0.3, -0.25) is 9.59 Å². The third-order valence-electron chi connectivity index (χ3n) is 5.53. The van der Waals surface area contributed by atoms with Gasteiger partial charge < -0.3 is 19.7 Å². The van der Waals surface area contributed by atoms with Gasteiger partial charge in [0.25, 0.3) is 11.5 Å². The van der Waals surface area contributed by atoms with E-state index in [9.17, 15) is 9.59 Å². The van der Waals surface area contributed by atoms with Gasteiger partial charge in [0.05, 0.1) is 12.0 Å². The highest BCUT2D eigenvalue weighted by Gasteiger charge is 2.38. The van der Waals surface area contributed by atoms with Crippen molar-refractivity contribution in [1.29, 1.82) is 0 Å². The van der Waals surface area contributed by atoms with Gasteiger partial charge in [-0.15, -0.1) is 11.3 Å². The summed E-state index contributed by atoms with van der Waals surface area (Å²) in [5.74, 6) is 1.07. The summed E-state index contributed by atoms with van der Waals surface area (Å²) in [6.45, 7) is 4.10. The van der Waals surface area contributed by atoms with E-state index in [0.717, 1.165) is 19.4 Å². The Bertz CT molecular complexity index is 1170. The predicted molar refractivity (Wildman–Crippen MR) is 113 cm³/mol. The summed E-state index contributed by atoms with van der Waals surface area (Å²) in [4.78, 5) is 43.4. The predicted octanol–water partition coefficient (Wildman–Crippen LogP) is 1.85. The minimum absolute atomic E-state index is 0.102. The van der Waals surface area contributed by atoms with Crippen LogP contribution in [0.1, 0.15) is 30.1 Å². The van der Waals surface area contributed by atoms with Gasteiger partial charge >= 0.3 is 0 Å². The molecule has 9 nitrogen and oxygen atoms in total. The number of fused-ring (bicyclic) bond motifs is 4. The Morgan fingerprint density at radius 3 is 3.00 bits per heavy atom. The number of hydrogen-bond acceptors (Lipinski definition) is 8. The van der Waals surface area contributed by atoms with Crippen LogP contribution in [0, 0.1) is 0 Å². The number of nitrogens with zero attached hydrogens (tertiary/aromatic N) is 6. The fraction of sp³-hybridized carbons (Fsp3) is 0.421. The molecule has 1 amide bonds. The lowest BCUT2D eigenvalue weighted by molar-refractivity contribution is 0.0988. The molecule has 1 atom stereocenters. The molecule has 3 aromatic rings. The molecule has 1 N–H and O–H groups in total. The van der Waals surface area contributed by atoms with Crippen LogP contribution in [0.3, 0.4) is 0 Å². The lowest BCUT2D eigenvalue weighted by atomic mass is 10.2. The first kappa shape index (κ1) is 18.0. The summed E-state index contributed by atoms with van der Waals surface area (Å²) in [6, 6.07) is 0.172. The molecule has 29 heavy (non-hydrogen) atoms. The number of thiophene rings is 1. The molecule has 5 heterocycles. The van der Waals surface area contributed by atoms with Crippen LogP contribution in [0.2, 0.25) is 0 Å². The SMILES string of the molecule is CCNc1ncc2c(n1)N1CCC[C@H]1CN(c1csc3c(=O)n(C)cnc13)C2=O. The van der Waals surface area contributed by atoms with Crippen molar-refractivity contribution in [3.05, 3.63) is 33.8 Å². The number of aryl methyl sites for hydroxylation is 1. The molecule has 1 fully saturated rings. The number of carbonyl (C=O) groups excluding carboxylic acids is 1. The van der Waals surface area contributed by atoms with Crippen LogP contribution in [0.5, 0.6) is 0 Å². The van der Waals surface area contributed by atoms with Crippen molar-refractivity contribution >= 4 is 44.9 Å². The van der Waals surface area contributed by atoms with Gasteiger partial charge in [0.2, 0.25) is 5.95 Å². The molecule has 0 saturated carbocycles. The van der Waals surface area contributed by atoms with E-state index in [1.165, 1.54) is 22.2 Å². The van der Waals surface area contributed by atoms with Crippen molar-refractivity contribution in [2.75, 3.05) is 34.8 Å². The zero-order valence-corrected chi connectivity index (χ0v) is 17.1. The molecule has 1 saturated heterocycles. The second kappa shape index (κ2) is 6.80. The molecule has 0 spiro atoms. The lowest BCUT2D eigenvalue weighted by Gasteiger charge is -2.26. The normalized spacial score (nSPS) is 18.7. The van der Waals surface area contributed by atoms with Crippen LogP contribution in [-0.2, 0) is 7.05 Å². The second-order valence-electron chi connectivity index (χ2n) is 7.33. The number of nitrogens with one attached hydrogen (secondary N) is 1. The van der Waals surface area contributed by atoms with E-state index < -0.39 is 0 Å². The van der Waals surface area contributed by atoms with Gasteiger partial charge in [0.1, 0.15) is 21.6 Å². The van der Waals surface area contributed by atoms with Crippen LogP contribution in [0.15, 0.2) is 22.7 Å². The second-order valence-corrected chi connectivity index (χ2v) is 8.21. The molecule has 0 aromatic carbocycles. The maximum absolute atomic E-state index is 13.5. The van der Waals surface area contributed by atoms with E-state index >= 15 is 0 Å². The zero-order chi connectivity index (χ0) is 20.1. The molecule has 2 aliphatic heterocycles. The molecule has 0 radical (unpaired) electrons. The van der Waals surface area contributed by atoms with Gasteiger partial charge in [-0.2, -0.15) is 4.98 Å². The molecule has 0 unspecified atom stereocenters. The molecule has 3 aromatic heterocycles. The maximum Gasteiger partial charge on any atom is 0.271 e. The Kier molecular flexibility index (Phi) is 4.23. The largest absolute Gasteiger partial charge is 0.354 e. The van der Waals surface area contributed by atoms with E-state index in [1.54, 1.807) is 18.1 Å². The molecule has 2 aliphatic rings. The number of aromatic nitrogens is 4. The molecule has 0 bridgehead atoms. The summed E-state index contributed by atoms with van der Waals surface area (Å²) in [6.07, 6.45) is 5.15. The third-order valence-corrected chi connectivity index (χ3v) is 6.48. The Hall–Kier alpha value is -3.01. The van der Waals surface area contributed by atoms with E-state index in [0.29, 0.717) is 46.3 Å². The average Bonchev–Trinajstić information content (AvgIpc) is 3.33. The van der Waals surface area contributed by atoms with Crippen LogP contribution in [0.25, 0.3) is 10.2 Å². The number of anilines is 3. The zero-order valence-electron chi connectivity index (χ0n) is 16.3. The van der Waals surface area contributed by atoms with Gasteiger partial charge in [-0.25, -0.2) is 9.97 Å². The minimum atomic E-state index is -0.153. The number of amides is 1. The minimum Gasteiger partial charge on any atom is -0.354 e. The Morgan fingerprint density at radius 2 is 2.17 bits per heavy atom. The summed E-state index contributed by atoms with van der Waals surface area (Å²) >= 11 is 1.33. The molecule has 5 rings (SSSR count). The monoisotopic (exact) mass is 411 g/mol. The fourth-order valence-electron chi connectivity index (χ4n) is 4.10. The Labute approximate surface area is 171 Å². The summed E-state index contributed by atoms with van der Waals surface area (Å²) in [5, 5.41) is 4.98. The van der Waals surface area contributed by atoms with E-state index in [-0.39, 0.29) is 17.5 Å². The molecule has 0 aliphatic carbocycles. The van der Waals surface area contributed by atoms with Crippen LogP contribution < -0.4 is 20.7 Å². The fourth-order valence-corrected chi connectivity index (χ4v) is 5.09. The third kappa shape index (κ3) is 2.78. The van der Waals surface area contributed by atoms with Crippen LogP contribution >= 0.6 is 11.3 Å². The van der Waals surface area contributed by atoms with Crippen molar-refractivity contribution in [3.63, 3.8) is 0 Å². The van der Waals surface area contributed by atoms with E-state index in [1.807, 2.05) is 12.3 Å². The Morgan fingerprint density at radius 1 is 1.31 bits per heavy atom. The first-order valence-corrected chi connectivity index (χ1v) is 10.6. The smallest absolute Gasteiger partial charge is 0.271 e. The highest BCUT2D eigenvalue weighted by atomic mass is 32.1. The Balaban J connectivity index is 1.65. The maximum atomic E-state index is 13.5. The van der Waals surface area contributed by atoms with Crippen molar-refractivity contribution in [2.45, 2.75) is 25.8 Å². The number of rotatable bonds is 3. The first-order valence-electron chi connectivity index (χ1n) is 9.70. The van der Waals surface area contributed by atoms with Gasteiger partial charge in [-0.05, 0) is 19.8 Å². The molecular formula is C19H21N7O2S. The summed E-state index contributed by atoms with van der Waals surface area (Å²) in [7, 11) is 1.68. The highest BCUT2D eigenvalue weighted by Crippen LogP contribution is 2.37. The van der Waals surface area contributed by atoms with Crippen molar-refractivity contribution < 1.29 is 4.79 Å². The van der Waals surface area contributed by atoms with E-state index in [4.69, 9.17) is 0 Å². The van der Waals surface area contributed by atoms with Crippen LogP contribution in [0.4, 0.5) is 17.5 Å². The van der Waals surface area contributed by atoms with Gasteiger partial charge in [-0.1, -0.05) is 0 Å². The van der Waals surface area contributed by atoms with Crippen molar-refractivity contribution in [2.24, 2.45) is 7.05 Å². The van der Waals surface area contributed by atoms with Gasteiger partial charge in [0, 0.05) is 44.3 Å². The molecule has 150 valence electrons. The number of carbonyl (C=O) groups is 1. The van der Waals surface area contributed by atoms with Gasteiger partial charge in [0.15, 0.2) is 0 Å². The standard InChI is InChI=1S/C19H21N7O2S/c1-3-20-19-21-7-12-16(23-19)25-6-4-5-11(25)8-26(17(12)27)13-9-29-15-14(13)22-10-24(2)18(15)28/h7,9-11H,3-6,8H2,1-2H3,(H,20,21,23)/t11-/m0/s1. The lowest BCUT2D eigenvalue weighted by Crippen LogP contribution is -2.39.